The molecule has 78 valence electrons. The summed E-state index contributed by atoms with van der Waals surface area (Å²) in [6.07, 6.45) is 0. The van der Waals surface area contributed by atoms with E-state index < -0.39 is 23.5 Å². The topological polar surface area (TPSA) is 35.2 Å². The molecule has 2 N–H and O–H groups in total. The highest BCUT2D eigenvalue weighted by Crippen LogP contribution is 2.19. The van der Waals surface area contributed by atoms with E-state index in [1.54, 1.807) is 0 Å². The number of halogens is 3. The van der Waals surface area contributed by atoms with Gasteiger partial charge in [0, 0.05) is 12.7 Å². The van der Waals surface area contributed by atoms with Crippen molar-refractivity contribution in [3.05, 3.63) is 35.1 Å². The zero-order valence-corrected chi connectivity index (χ0v) is 7.56. The summed E-state index contributed by atoms with van der Waals surface area (Å²) in [6.45, 7) is 0.0436. The van der Waals surface area contributed by atoms with Crippen LogP contribution in [0.2, 0.25) is 0 Å². The molecule has 0 saturated heterocycles. The van der Waals surface area contributed by atoms with Crippen molar-refractivity contribution in [2.45, 2.75) is 6.04 Å². The van der Waals surface area contributed by atoms with Crippen LogP contribution in [0.3, 0.4) is 0 Å². The van der Waals surface area contributed by atoms with Crippen LogP contribution in [0.25, 0.3) is 0 Å². The normalized spacial score (nSPS) is 12.9. The van der Waals surface area contributed by atoms with Gasteiger partial charge in [-0.2, -0.15) is 0 Å². The number of hydrogen-bond donors (Lipinski definition) is 1. The van der Waals surface area contributed by atoms with Crippen LogP contribution >= 0.6 is 0 Å². The lowest BCUT2D eigenvalue weighted by Crippen LogP contribution is -2.18. The molecule has 0 aliphatic rings. The highest BCUT2D eigenvalue weighted by atomic mass is 19.2. The molecule has 1 rings (SSSR count). The fraction of sp³-hybridized carbons (Fsp3) is 0.333. The maximum absolute atomic E-state index is 13.1. The van der Waals surface area contributed by atoms with E-state index in [0.29, 0.717) is 0 Å². The molecule has 0 saturated carbocycles. The average Bonchev–Trinajstić information content (AvgIpc) is 2.15. The molecule has 0 heterocycles. The van der Waals surface area contributed by atoms with E-state index in [0.717, 1.165) is 12.1 Å². The molecule has 0 aliphatic heterocycles. The van der Waals surface area contributed by atoms with E-state index in [-0.39, 0.29) is 12.2 Å². The van der Waals surface area contributed by atoms with Crippen molar-refractivity contribution < 1.29 is 17.9 Å². The molecule has 1 atom stereocenters. The first-order chi connectivity index (χ1) is 6.57. The fourth-order valence-corrected chi connectivity index (χ4v) is 1.10. The SMILES string of the molecule is COC[C@@H](N)c1ccc(F)c(F)c1F. The zero-order chi connectivity index (χ0) is 10.7. The van der Waals surface area contributed by atoms with Crippen molar-refractivity contribution in [2.24, 2.45) is 5.73 Å². The molecular weight excluding hydrogens is 195 g/mol. The predicted octanol–water partition coefficient (Wildman–Crippen LogP) is 1.75. The van der Waals surface area contributed by atoms with Crippen molar-refractivity contribution in [3.8, 4) is 0 Å². The Hall–Kier alpha value is -1.07. The molecule has 1 aromatic carbocycles. The highest BCUT2D eigenvalue weighted by molar-refractivity contribution is 5.23. The lowest BCUT2D eigenvalue weighted by atomic mass is 10.1. The Morgan fingerprint density at radius 2 is 1.93 bits per heavy atom. The minimum Gasteiger partial charge on any atom is -0.383 e. The molecule has 0 aliphatic carbocycles. The summed E-state index contributed by atoms with van der Waals surface area (Å²) in [6, 6.07) is 1.15. The molecule has 0 amide bonds. The molecule has 0 fully saturated rings. The minimum absolute atomic E-state index is 0.0436. The Labute approximate surface area is 79.5 Å². The smallest absolute Gasteiger partial charge is 0.194 e. The van der Waals surface area contributed by atoms with Gasteiger partial charge in [-0.25, -0.2) is 13.2 Å². The van der Waals surface area contributed by atoms with E-state index >= 15 is 0 Å². The van der Waals surface area contributed by atoms with Gasteiger partial charge in [0.15, 0.2) is 17.5 Å². The second-order valence-electron chi connectivity index (χ2n) is 2.83. The van der Waals surface area contributed by atoms with Gasteiger partial charge in [-0.15, -0.1) is 0 Å². The minimum atomic E-state index is -1.51. The van der Waals surface area contributed by atoms with Gasteiger partial charge >= 0.3 is 0 Å². The van der Waals surface area contributed by atoms with E-state index in [1.807, 2.05) is 0 Å². The van der Waals surface area contributed by atoms with E-state index in [2.05, 4.69) is 4.74 Å². The van der Waals surface area contributed by atoms with Gasteiger partial charge in [-0.1, -0.05) is 6.07 Å². The third-order valence-corrected chi connectivity index (χ3v) is 1.81. The summed E-state index contributed by atoms with van der Waals surface area (Å²) in [7, 11) is 1.39. The Balaban J connectivity index is 3.04. The molecular formula is C9H10F3NO. The van der Waals surface area contributed by atoms with Crippen LogP contribution in [0.4, 0.5) is 13.2 Å². The third-order valence-electron chi connectivity index (χ3n) is 1.81. The molecule has 2 nitrogen and oxygen atoms in total. The maximum Gasteiger partial charge on any atom is 0.194 e. The Bertz CT molecular complexity index is 330. The van der Waals surface area contributed by atoms with E-state index in [4.69, 9.17) is 5.73 Å². The van der Waals surface area contributed by atoms with Crippen LogP contribution in [0, 0.1) is 17.5 Å². The Morgan fingerprint density at radius 1 is 1.29 bits per heavy atom. The first-order valence-electron chi connectivity index (χ1n) is 3.95. The molecule has 0 radical (unpaired) electrons. The number of ether oxygens (including phenoxy) is 1. The van der Waals surface area contributed by atoms with Gasteiger partial charge in [-0.3, -0.25) is 0 Å². The summed E-state index contributed by atoms with van der Waals surface area (Å²) >= 11 is 0. The first kappa shape index (κ1) is 11.0. The van der Waals surface area contributed by atoms with E-state index in [9.17, 15) is 13.2 Å². The first-order valence-corrected chi connectivity index (χ1v) is 3.95. The molecule has 0 bridgehead atoms. The van der Waals surface area contributed by atoms with Crippen LogP contribution in [0.1, 0.15) is 11.6 Å². The van der Waals surface area contributed by atoms with Gasteiger partial charge < -0.3 is 10.5 Å². The lowest BCUT2D eigenvalue weighted by molar-refractivity contribution is 0.179. The van der Waals surface area contributed by atoms with Crippen molar-refractivity contribution in [1.29, 1.82) is 0 Å². The number of nitrogens with two attached hydrogens (primary N) is 1. The molecule has 0 spiro atoms. The number of rotatable bonds is 3. The van der Waals surface area contributed by atoms with Gasteiger partial charge in [0.05, 0.1) is 12.6 Å². The summed E-state index contributed by atoms with van der Waals surface area (Å²) in [5.41, 5.74) is 5.38. The van der Waals surface area contributed by atoms with Crippen LogP contribution in [0.15, 0.2) is 12.1 Å². The zero-order valence-electron chi connectivity index (χ0n) is 7.56. The third kappa shape index (κ3) is 2.05. The molecule has 1 aromatic rings. The second-order valence-corrected chi connectivity index (χ2v) is 2.83. The van der Waals surface area contributed by atoms with Crippen LogP contribution in [-0.4, -0.2) is 13.7 Å². The number of hydrogen-bond acceptors (Lipinski definition) is 2. The summed E-state index contributed by atoms with van der Waals surface area (Å²) in [5, 5.41) is 0. The summed E-state index contributed by atoms with van der Waals surface area (Å²) in [5.74, 6) is -3.99. The molecule has 0 aromatic heterocycles. The predicted molar refractivity (Wildman–Crippen MR) is 45.1 cm³/mol. The maximum atomic E-state index is 13.1. The summed E-state index contributed by atoms with van der Waals surface area (Å²) < 4.78 is 43.0. The molecule has 0 unspecified atom stereocenters. The van der Waals surface area contributed by atoms with Crippen molar-refractivity contribution in [1.82, 2.24) is 0 Å². The van der Waals surface area contributed by atoms with Crippen molar-refractivity contribution in [3.63, 3.8) is 0 Å². The summed E-state index contributed by atoms with van der Waals surface area (Å²) in [4.78, 5) is 0. The number of methoxy groups -OCH3 is 1. The van der Waals surface area contributed by atoms with Gasteiger partial charge in [0.25, 0.3) is 0 Å². The van der Waals surface area contributed by atoms with Crippen LogP contribution in [-0.2, 0) is 4.74 Å². The Morgan fingerprint density at radius 3 is 2.50 bits per heavy atom. The highest BCUT2D eigenvalue weighted by Gasteiger charge is 2.17. The Kier molecular flexibility index (Phi) is 3.49. The van der Waals surface area contributed by atoms with Crippen LogP contribution < -0.4 is 5.73 Å². The lowest BCUT2D eigenvalue weighted by Gasteiger charge is -2.11. The quantitative estimate of drug-likeness (QED) is 0.763. The van der Waals surface area contributed by atoms with Gasteiger partial charge in [0.2, 0.25) is 0 Å². The van der Waals surface area contributed by atoms with Crippen LogP contribution in [0.5, 0.6) is 0 Å². The largest absolute Gasteiger partial charge is 0.383 e. The van der Waals surface area contributed by atoms with Gasteiger partial charge in [0.1, 0.15) is 0 Å². The standard InChI is InChI=1S/C9H10F3NO/c1-14-4-7(13)5-2-3-6(10)9(12)8(5)11/h2-3,7H,4,13H2,1H3/t7-/m1/s1. The van der Waals surface area contributed by atoms with Crippen molar-refractivity contribution >= 4 is 0 Å². The van der Waals surface area contributed by atoms with Crippen molar-refractivity contribution in [2.75, 3.05) is 13.7 Å². The average molecular weight is 205 g/mol. The fourth-order valence-electron chi connectivity index (χ4n) is 1.10. The van der Waals surface area contributed by atoms with Gasteiger partial charge in [-0.05, 0) is 6.07 Å². The van der Waals surface area contributed by atoms with E-state index in [1.165, 1.54) is 7.11 Å². The second kappa shape index (κ2) is 4.43. The molecule has 14 heavy (non-hydrogen) atoms. The monoisotopic (exact) mass is 205 g/mol. The number of benzene rings is 1. The molecule has 5 heteroatoms.